The molecule has 10 heteroatoms. The first-order valence-corrected chi connectivity index (χ1v) is 12.1. The number of hydrogen-bond donors (Lipinski definition) is 0. The molecular weight excluding hydrogens is 392 g/mol. The molecule has 3 aromatic rings. The van der Waals surface area contributed by atoms with Gasteiger partial charge in [0, 0.05) is 11.6 Å². The summed E-state index contributed by atoms with van der Waals surface area (Å²) in [6, 6.07) is 9.15. The fourth-order valence-corrected chi connectivity index (χ4v) is 3.99. The van der Waals surface area contributed by atoms with E-state index >= 15 is 0 Å². The minimum Gasteiger partial charge on any atom is -0.470 e. The number of ether oxygens (including phenoxy) is 1. The van der Waals surface area contributed by atoms with Gasteiger partial charge in [-0.3, -0.25) is 0 Å². The molecule has 6 nitrogen and oxygen atoms in total. The molecule has 2 aromatic heterocycles. The van der Waals surface area contributed by atoms with Crippen molar-refractivity contribution in [1.82, 2.24) is 25.2 Å². The molecule has 3 rings (SSSR count). The zero-order valence-electron chi connectivity index (χ0n) is 15.0. The fourth-order valence-electron chi connectivity index (χ4n) is 2.51. The molecule has 1 aromatic carbocycles. The van der Waals surface area contributed by atoms with Crippen molar-refractivity contribution in [2.75, 3.05) is 0 Å². The Bertz CT molecular complexity index is 911. The third-order valence-corrected chi connectivity index (χ3v) is 5.84. The van der Waals surface area contributed by atoms with Crippen molar-refractivity contribution < 1.29 is 13.5 Å². The molecule has 0 fully saturated rings. The number of aromatic nitrogens is 5. The van der Waals surface area contributed by atoms with Gasteiger partial charge in [0.2, 0.25) is 5.88 Å². The van der Waals surface area contributed by atoms with Gasteiger partial charge in [-0.2, -0.15) is 0 Å². The van der Waals surface area contributed by atoms with Crippen molar-refractivity contribution >= 4 is 25.0 Å². The number of halogens is 3. The molecule has 0 aliphatic rings. The summed E-state index contributed by atoms with van der Waals surface area (Å²) in [5.41, 5.74) is 1.35. The SMILES string of the molecule is C[Si](C)(C)c1nnn(-c2ccc(C(F)F)cc2)c1COc1ccc(Cl)nn1. The maximum atomic E-state index is 12.8. The topological polar surface area (TPSA) is 65.7 Å². The van der Waals surface area contributed by atoms with Crippen molar-refractivity contribution in [2.45, 2.75) is 32.7 Å². The highest BCUT2D eigenvalue weighted by molar-refractivity contribution is 6.88. The van der Waals surface area contributed by atoms with E-state index in [9.17, 15) is 8.78 Å². The molecule has 0 N–H and O–H groups in total. The van der Waals surface area contributed by atoms with Gasteiger partial charge in [-0.15, -0.1) is 15.3 Å². The Balaban J connectivity index is 1.94. The highest BCUT2D eigenvalue weighted by Crippen LogP contribution is 2.21. The normalized spacial score (nSPS) is 11.8. The van der Waals surface area contributed by atoms with Crippen LogP contribution in [0.25, 0.3) is 5.69 Å². The molecule has 0 saturated heterocycles. The summed E-state index contributed by atoms with van der Waals surface area (Å²) >= 11 is 5.74. The zero-order valence-corrected chi connectivity index (χ0v) is 16.8. The van der Waals surface area contributed by atoms with Gasteiger partial charge in [-0.1, -0.05) is 48.6 Å². The van der Waals surface area contributed by atoms with E-state index in [1.165, 1.54) is 12.1 Å². The van der Waals surface area contributed by atoms with Crippen molar-refractivity contribution in [2.24, 2.45) is 0 Å². The second kappa shape index (κ2) is 7.69. The van der Waals surface area contributed by atoms with Gasteiger partial charge in [-0.05, 0) is 18.2 Å². The lowest BCUT2D eigenvalue weighted by molar-refractivity contribution is 0.151. The third kappa shape index (κ3) is 4.48. The molecule has 0 aliphatic heterocycles. The van der Waals surface area contributed by atoms with Crippen molar-refractivity contribution in [3.8, 4) is 11.6 Å². The second-order valence-corrected chi connectivity index (χ2v) is 12.3. The Hall–Kier alpha value is -2.39. The van der Waals surface area contributed by atoms with Crippen molar-refractivity contribution in [3.63, 3.8) is 0 Å². The number of hydrogen-bond acceptors (Lipinski definition) is 5. The van der Waals surface area contributed by atoms with E-state index in [-0.39, 0.29) is 17.3 Å². The summed E-state index contributed by atoms with van der Waals surface area (Å²) in [4.78, 5) is 0. The van der Waals surface area contributed by atoms with E-state index in [2.05, 4.69) is 40.2 Å². The molecule has 0 saturated carbocycles. The number of nitrogens with zero attached hydrogens (tertiary/aromatic N) is 5. The predicted octanol–water partition coefficient (Wildman–Crippen LogP) is 3.77. The molecule has 0 spiro atoms. The highest BCUT2D eigenvalue weighted by Gasteiger charge is 2.27. The van der Waals surface area contributed by atoms with Crippen LogP contribution >= 0.6 is 11.6 Å². The first-order valence-electron chi connectivity index (χ1n) is 8.21. The van der Waals surface area contributed by atoms with Gasteiger partial charge < -0.3 is 4.74 Å². The van der Waals surface area contributed by atoms with E-state index in [0.717, 1.165) is 11.0 Å². The number of benzene rings is 1. The Morgan fingerprint density at radius 3 is 2.30 bits per heavy atom. The maximum absolute atomic E-state index is 12.8. The standard InChI is InChI=1S/C17H18ClF2N5OSi/c1-27(2,3)17-13(10-26-15-9-8-14(18)21-22-15)25(24-23-17)12-6-4-11(5-7-12)16(19)20/h4-9,16H,10H2,1-3H3. The summed E-state index contributed by atoms with van der Waals surface area (Å²) < 4.78 is 33.0. The minimum atomic E-state index is -2.52. The van der Waals surface area contributed by atoms with Crippen LogP contribution in [0.3, 0.4) is 0 Å². The van der Waals surface area contributed by atoms with Gasteiger partial charge in [0.15, 0.2) is 5.15 Å². The molecule has 0 atom stereocenters. The number of alkyl halides is 2. The molecule has 0 aliphatic carbocycles. The third-order valence-electron chi connectivity index (χ3n) is 3.83. The Labute approximate surface area is 161 Å². The lowest BCUT2D eigenvalue weighted by Gasteiger charge is -2.16. The predicted molar refractivity (Wildman–Crippen MR) is 101 cm³/mol. The van der Waals surface area contributed by atoms with Crippen LogP contribution in [0.1, 0.15) is 17.7 Å². The van der Waals surface area contributed by atoms with Gasteiger partial charge in [0.1, 0.15) is 20.4 Å². The first kappa shape index (κ1) is 19.4. The Morgan fingerprint density at radius 1 is 1.04 bits per heavy atom. The molecular formula is C17H18ClF2N5OSi. The summed E-state index contributed by atoms with van der Waals surface area (Å²) in [6.07, 6.45) is -2.52. The molecule has 2 heterocycles. The quantitative estimate of drug-likeness (QED) is 0.580. The van der Waals surface area contributed by atoms with Crippen molar-refractivity contribution in [3.05, 3.63) is 52.8 Å². The average Bonchev–Trinajstić information content (AvgIpc) is 3.05. The molecule has 0 unspecified atom stereocenters. The van der Waals surface area contributed by atoms with Crippen LogP contribution in [0, 0.1) is 0 Å². The zero-order chi connectivity index (χ0) is 19.6. The van der Waals surface area contributed by atoms with E-state index in [0.29, 0.717) is 11.6 Å². The summed E-state index contributed by atoms with van der Waals surface area (Å²) in [5, 5.41) is 17.3. The van der Waals surface area contributed by atoms with Gasteiger partial charge in [-0.25, -0.2) is 13.5 Å². The summed E-state index contributed by atoms with van der Waals surface area (Å²) in [6.45, 7) is 6.60. The monoisotopic (exact) mass is 409 g/mol. The van der Waals surface area contributed by atoms with Crippen molar-refractivity contribution in [1.29, 1.82) is 0 Å². The lowest BCUT2D eigenvalue weighted by atomic mass is 10.2. The molecule has 0 radical (unpaired) electrons. The van der Waals surface area contributed by atoms with E-state index in [4.69, 9.17) is 16.3 Å². The molecule has 0 bridgehead atoms. The van der Waals surface area contributed by atoms with Crippen LogP contribution in [0.5, 0.6) is 5.88 Å². The largest absolute Gasteiger partial charge is 0.470 e. The van der Waals surface area contributed by atoms with E-state index in [1.54, 1.807) is 28.9 Å². The maximum Gasteiger partial charge on any atom is 0.263 e. The smallest absolute Gasteiger partial charge is 0.263 e. The van der Waals surface area contributed by atoms with Gasteiger partial charge in [0.25, 0.3) is 6.43 Å². The van der Waals surface area contributed by atoms with E-state index < -0.39 is 14.5 Å². The Kier molecular flexibility index (Phi) is 5.52. The van der Waals surface area contributed by atoms with Crippen LogP contribution < -0.4 is 10.1 Å². The first-order chi connectivity index (χ1) is 12.8. The Morgan fingerprint density at radius 2 is 1.74 bits per heavy atom. The van der Waals surface area contributed by atoms with Crippen LogP contribution in [0.2, 0.25) is 24.8 Å². The molecule has 0 amide bonds. The van der Waals surface area contributed by atoms with Crippen LogP contribution in [-0.2, 0) is 6.61 Å². The van der Waals surface area contributed by atoms with Gasteiger partial charge in [0.05, 0.1) is 11.0 Å². The fraction of sp³-hybridized carbons (Fsp3) is 0.294. The summed E-state index contributed by atoms with van der Waals surface area (Å²) in [7, 11) is -1.82. The summed E-state index contributed by atoms with van der Waals surface area (Å²) in [5.74, 6) is 0.321. The second-order valence-electron chi connectivity index (χ2n) is 6.92. The molecule has 142 valence electrons. The van der Waals surface area contributed by atoms with E-state index in [1.807, 2.05) is 0 Å². The lowest BCUT2D eigenvalue weighted by Crippen LogP contribution is -2.41. The minimum absolute atomic E-state index is 0.0430. The van der Waals surface area contributed by atoms with Crippen LogP contribution in [0.15, 0.2) is 36.4 Å². The highest BCUT2D eigenvalue weighted by atomic mass is 35.5. The van der Waals surface area contributed by atoms with Crippen LogP contribution in [0.4, 0.5) is 8.78 Å². The average molecular weight is 410 g/mol. The van der Waals surface area contributed by atoms with Crippen LogP contribution in [-0.4, -0.2) is 33.3 Å². The number of rotatable bonds is 6. The molecule has 27 heavy (non-hydrogen) atoms. The van der Waals surface area contributed by atoms with Gasteiger partial charge >= 0.3 is 0 Å².